The Morgan fingerprint density at radius 1 is 1.38 bits per heavy atom. The largest absolute Gasteiger partial charge is 0.315 e. The molecule has 1 N–H and O–H groups in total. The van der Waals surface area contributed by atoms with E-state index in [9.17, 15) is 9.59 Å². The van der Waals surface area contributed by atoms with Gasteiger partial charge in [-0.1, -0.05) is 25.1 Å². The Balaban J connectivity index is 1.90. The highest BCUT2D eigenvalue weighted by Crippen LogP contribution is 2.35. The van der Waals surface area contributed by atoms with Gasteiger partial charge >= 0.3 is 0 Å². The summed E-state index contributed by atoms with van der Waals surface area (Å²) >= 11 is 0. The second kappa shape index (κ2) is 6.47. The molecule has 24 heavy (non-hydrogen) atoms. The zero-order valence-corrected chi connectivity index (χ0v) is 14.2. The van der Waals surface area contributed by atoms with E-state index in [0.717, 1.165) is 29.8 Å². The maximum absolute atomic E-state index is 12.9. The Bertz CT molecular complexity index is 781. The fourth-order valence-electron chi connectivity index (χ4n) is 3.10. The van der Waals surface area contributed by atoms with E-state index in [1.165, 1.54) is 0 Å². The average Bonchev–Trinajstić information content (AvgIpc) is 2.92. The lowest BCUT2D eigenvalue weighted by Gasteiger charge is -2.30. The van der Waals surface area contributed by atoms with Crippen molar-refractivity contribution in [2.24, 2.45) is 0 Å². The molecule has 1 aliphatic heterocycles. The van der Waals surface area contributed by atoms with Crippen molar-refractivity contribution in [3.05, 3.63) is 41.6 Å². The van der Waals surface area contributed by atoms with Crippen LogP contribution < -0.4 is 10.2 Å². The fourth-order valence-corrected chi connectivity index (χ4v) is 3.10. The Morgan fingerprint density at radius 2 is 2.12 bits per heavy atom. The van der Waals surface area contributed by atoms with Crippen molar-refractivity contribution in [2.45, 2.75) is 39.2 Å². The highest BCUT2D eigenvalue weighted by atomic mass is 16.2. The summed E-state index contributed by atoms with van der Waals surface area (Å²) in [6, 6.07) is 7.57. The molecule has 2 heterocycles. The minimum atomic E-state index is -0.478. The van der Waals surface area contributed by atoms with E-state index < -0.39 is 5.92 Å². The molecular weight excluding hydrogens is 304 g/mol. The number of amides is 2. The van der Waals surface area contributed by atoms with Gasteiger partial charge in [0.1, 0.15) is 5.82 Å². The average molecular weight is 326 g/mol. The molecule has 1 aromatic carbocycles. The lowest BCUT2D eigenvalue weighted by Crippen LogP contribution is -2.37. The van der Waals surface area contributed by atoms with Gasteiger partial charge in [-0.3, -0.25) is 9.59 Å². The van der Waals surface area contributed by atoms with Crippen molar-refractivity contribution in [1.29, 1.82) is 0 Å². The maximum atomic E-state index is 12.9. The summed E-state index contributed by atoms with van der Waals surface area (Å²) in [5, 5.41) is 7.28. The first-order valence-corrected chi connectivity index (χ1v) is 8.21. The van der Waals surface area contributed by atoms with Gasteiger partial charge in [0.15, 0.2) is 0 Å². The van der Waals surface area contributed by atoms with Gasteiger partial charge in [0.25, 0.3) is 0 Å². The molecule has 126 valence electrons. The number of aromatic nitrogens is 2. The Labute approximate surface area is 141 Å². The summed E-state index contributed by atoms with van der Waals surface area (Å²) in [4.78, 5) is 26.7. The smallest absolute Gasteiger partial charge is 0.233 e. The SMILES string of the molecule is CCCn1ncc(C)c1NC(=O)C1CC(=O)N(C)c2ccccc21. The number of carbonyl (C=O) groups excluding carboxylic acids is 2. The molecule has 2 amide bonds. The molecule has 0 saturated carbocycles. The third-order valence-electron chi connectivity index (χ3n) is 4.44. The van der Waals surface area contributed by atoms with Crippen LogP contribution in [0.25, 0.3) is 0 Å². The summed E-state index contributed by atoms with van der Waals surface area (Å²) in [6.07, 6.45) is 2.86. The van der Waals surface area contributed by atoms with Crippen molar-refractivity contribution < 1.29 is 9.59 Å². The molecule has 6 nitrogen and oxygen atoms in total. The zero-order valence-electron chi connectivity index (χ0n) is 14.2. The second-order valence-corrected chi connectivity index (χ2v) is 6.16. The minimum Gasteiger partial charge on any atom is -0.315 e. The van der Waals surface area contributed by atoms with Gasteiger partial charge in [0.05, 0.1) is 12.1 Å². The van der Waals surface area contributed by atoms with Gasteiger partial charge < -0.3 is 10.2 Å². The van der Waals surface area contributed by atoms with Crippen molar-refractivity contribution in [3.63, 3.8) is 0 Å². The number of carbonyl (C=O) groups is 2. The van der Waals surface area contributed by atoms with Crippen LogP contribution >= 0.6 is 0 Å². The molecule has 0 bridgehead atoms. The van der Waals surface area contributed by atoms with E-state index in [1.807, 2.05) is 31.2 Å². The van der Waals surface area contributed by atoms with Crippen molar-refractivity contribution in [1.82, 2.24) is 9.78 Å². The van der Waals surface area contributed by atoms with E-state index in [0.29, 0.717) is 5.82 Å². The number of benzene rings is 1. The summed E-state index contributed by atoms with van der Waals surface area (Å²) in [5.41, 5.74) is 2.60. The summed E-state index contributed by atoms with van der Waals surface area (Å²) < 4.78 is 1.80. The molecule has 0 saturated heterocycles. The minimum absolute atomic E-state index is 0.0485. The number of hydrogen-bond acceptors (Lipinski definition) is 3. The van der Waals surface area contributed by atoms with Crippen LogP contribution in [0, 0.1) is 6.92 Å². The molecule has 1 unspecified atom stereocenters. The quantitative estimate of drug-likeness (QED) is 0.939. The molecule has 0 fully saturated rings. The molecule has 0 aliphatic carbocycles. The first-order valence-electron chi connectivity index (χ1n) is 8.21. The Hall–Kier alpha value is -2.63. The molecule has 3 rings (SSSR count). The number of hydrogen-bond donors (Lipinski definition) is 1. The number of anilines is 2. The molecule has 0 spiro atoms. The van der Waals surface area contributed by atoms with E-state index in [2.05, 4.69) is 17.3 Å². The number of nitrogens with zero attached hydrogens (tertiary/aromatic N) is 3. The third-order valence-corrected chi connectivity index (χ3v) is 4.44. The molecule has 1 aromatic heterocycles. The monoisotopic (exact) mass is 326 g/mol. The predicted molar refractivity (Wildman–Crippen MR) is 93.1 cm³/mol. The van der Waals surface area contributed by atoms with Gasteiger partial charge in [-0.25, -0.2) is 4.68 Å². The number of para-hydroxylation sites is 1. The van der Waals surface area contributed by atoms with Crippen molar-refractivity contribution in [2.75, 3.05) is 17.3 Å². The Kier molecular flexibility index (Phi) is 4.38. The second-order valence-electron chi connectivity index (χ2n) is 6.16. The molecule has 1 aliphatic rings. The summed E-state index contributed by atoms with van der Waals surface area (Å²) in [7, 11) is 1.75. The van der Waals surface area contributed by atoms with E-state index in [-0.39, 0.29) is 18.2 Å². The third kappa shape index (κ3) is 2.79. The van der Waals surface area contributed by atoms with Crippen molar-refractivity contribution in [3.8, 4) is 0 Å². The van der Waals surface area contributed by atoms with Crippen LogP contribution in [-0.2, 0) is 16.1 Å². The molecule has 2 aromatic rings. The normalized spacial score (nSPS) is 16.9. The zero-order chi connectivity index (χ0) is 17.3. The fraction of sp³-hybridized carbons (Fsp3) is 0.389. The number of rotatable bonds is 4. The van der Waals surface area contributed by atoms with Gasteiger partial charge in [-0.2, -0.15) is 5.10 Å². The topological polar surface area (TPSA) is 67.2 Å². The maximum Gasteiger partial charge on any atom is 0.233 e. The van der Waals surface area contributed by atoms with Crippen LogP contribution in [0.15, 0.2) is 30.5 Å². The first kappa shape index (κ1) is 16.2. The molecule has 6 heteroatoms. The van der Waals surface area contributed by atoms with Crippen LogP contribution in [-0.4, -0.2) is 28.6 Å². The van der Waals surface area contributed by atoms with Crippen molar-refractivity contribution >= 4 is 23.3 Å². The highest BCUT2D eigenvalue weighted by Gasteiger charge is 2.34. The van der Waals surface area contributed by atoms with Gasteiger partial charge in [-0.15, -0.1) is 0 Å². The number of fused-ring (bicyclic) bond motifs is 1. The molecule has 0 radical (unpaired) electrons. The lowest BCUT2D eigenvalue weighted by atomic mass is 9.89. The van der Waals surface area contributed by atoms with Crippen LogP contribution in [0.3, 0.4) is 0 Å². The predicted octanol–water partition coefficient (Wildman–Crippen LogP) is 2.69. The number of aryl methyl sites for hydroxylation is 2. The van der Waals surface area contributed by atoms with E-state index >= 15 is 0 Å². The van der Waals surface area contributed by atoms with E-state index in [4.69, 9.17) is 0 Å². The van der Waals surface area contributed by atoms with Crippen LogP contribution in [0.2, 0.25) is 0 Å². The molecule has 1 atom stereocenters. The highest BCUT2D eigenvalue weighted by molar-refractivity contribution is 6.05. The first-order chi connectivity index (χ1) is 11.5. The standard InChI is InChI=1S/C18H22N4O2/c1-4-9-22-17(12(2)11-19-22)20-18(24)14-10-16(23)21(3)15-8-6-5-7-13(14)15/h5-8,11,14H,4,9-10H2,1-3H3,(H,20,24). The van der Waals surface area contributed by atoms with Gasteiger partial charge in [0.2, 0.25) is 11.8 Å². The van der Waals surface area contributed by atoms with Crippen LogP contribution in [0.1, 0.15) is 36.8 Å². The van der Waals surface area contributed by atoms with Gasteiger partial charge in [0, 0.05) is 31.3 Å². The van der Waals surface area contributed by atoms with Crippen LogP contribution in [0.5, 0.6) is 0 Å². The van der Waals surface area contributed by atoms with E-state index in [1.54, 1.807) is 22.8 Å². The molecular formula is C18H22N4O2. The van der Waals surface area contributed by atoms with Crippen LogP contribution in [0.4, 0.5) is 11.5 Å². The summed E-state index contributed by atoms with van der Waals surface area (Å²) in [6.45, 7) is 4.73. The lowest BCUT2D eigenvalue weighted by molar-refractivity contribution is -0.124. The number of nitrogens with one attached hydrogen (secondary N) is 1. The summed E-state index contributed by atoms with van der Waals surface area (Å²) in [5.74, 6) is 0.0254. The van der Waals surface area contributed by atoms with Gasteiger partial charge in [-0.05, 0) is 25.0 Å². The Morgan fingerprint density at radius 3 is 2.88 bits per heavy atom.